The third-order valence-corrected chi connectivity index (χ3v) is 5.64. The number of carbonyl (C=O) groups excluding carboxylic acids is 1. The van der Waals surface area contributed by atoms with E-state index in [-0.39, 0.29) is 5.91 Å². The number of amides is 1. The van der Waals surface area contributed by atoms with Crippen LogP contribution in [-0.2, 0) is 4.79 Å². The van der Waals surface area contributed by atoms with E-state index >= 15 is 0 Å². The monoisotopic (exact) mass is 359 g/mol. The van der Waals surface area contributed by atoms with Gasteiger partial charge in [-0.25, -0.2) is 4.98 Å². The van der Waals surface area contributed by atoms with Crippen molar-refractivity contribution in [3.63, 3.8) is 0 Å². The molecule has 0 atom stereocenters. The highest BCUT2D eigenvalue weighted by atomic mass is 32.2. The van der Waals surface area contributed by atoms with E-state index in [0.717, 1.165) is 35.4 Å². The molecule has 3 rings (SSSR count). The Morgan fingerprint density at radius 3 is 2.68 bits per heavy atom. The van der Waals surface area contributed by atoms with Crippen molar-refractivity contribution in [3.05, 3.63) is 36.7 Å². The second kappa shape index (κ2) is 8.43. The van der Waals surface area contributed by atoms with Gasteiger partial charge in [0.15, 0.2) is 5.16 Å². The molecule has 2 aromatic rings. The summed E-state index contributed by atoms with van der Waals surface area (Å²) in [5.74, 6) is 2.09. The predicted molar refractivity (Wildman–Crippen MR) is 100 cm³/mol. The summed E-state index contributed by atoms with van der Waals surface area (Å²) in [6.07, 6.45) is 8.27. The molecule has 0 saturated heterocycles. The van der Waals surface area contributed by atoms with E-state index in [9.17, 15) is 4.79 Å². The largest absolute Gasteiger partial charge is 0.497 e. The van der Waals surface area contributed by atoms with Crippen molar-refractivity contribution in [2.24, 2.45) is 5.92 Å². The van der Waals surface area contributed by atoms with E-state index < -0.39 is 0 Å². The summed E-state index contributed by atoms with van der Waals surface area (Å²) in [4.78, 5) is 16.6. The number of nitrogens with zero attached hydrogens (tertiary/aromatic N) is 2. The van der Waals surface area contributed by atoms with Crippen LogP contribution in [0.2, 0.25) is 0 Å². The molecular formula is C19H25N3O2S. The van der Waals surface area contributed by atoms with E-state index in [2.05, 4.69) is 17.2 Å². The van der Waals surface area contributed by atoms with Gasteiger partial charge in [-0.05, 0) is 55.9 Å². The number of ether oxygens (including phenoxy) is 1. The van der Waals surface area contributed by atoms with Gasteiger partial charge in [-0.3, -0.25) is 9.36 Å². The van der Waals surface area contributed by atoms with E-state index in [4.69, 9.17) is 4.74 Å². The summed E-state index contributed by atoms with van der Waals surface area (Å²) in [5, 5.41) is 3.98. The number of thioether (sulfide) groups is 1. The van der Waals surface area contributed by atoms with Crippen LogP contribution < -0.4 is 10.1 Å². The molecule has 0 aliphatic heterocycles. The second-order valence-electron chi connectivity index (χ2n) is 6.59. The molecule has 1 heterocycles. The molecule has 25 heavy (non-hydrogen) atoms. The van der Waals surface area contributed by atoms with Gasteiger partial charge in [0, 0.05) is 24.1 Å². The van der Waals surface area contributed by atoms with Crippen LogP contribution in [-0.4, -0.2) is 34.4 Å². The first-order valence-corrected chi connectivity index (χ1v) is 9.74. The van der Waals surface area contributed by atoms with E-state index in [0.29, 0.717) is 11.8 Å². The fraction of sp³-hybridized carbons (Fsp3) is 0.474. The Bertz CT molecular complexity index is 691. The molecule has 1 aliphatic rings. The fourth-order valence-corrected chi connectivity index (χ4v) is 3.92. The Kier molecular flexibility index (Phi) is 6.02. The van der Waals surface area contributed by atoms with Crippen LogP contribution in [0.5, 0.6) is 5.75 Å². The molecule has 1 aromatic carbocycles. The standard InChI is InChI=1S/C19H25N3O2S/c1-14-3-5-15(6-4-14)21-18(23)13-25-19-20-11-12-22(19)16-7-9-17(24-2)10-8-16/h7-12,14-15H,3-6,13H2,1-2H3,(H,21,23). The molecule has 1 aromatic heterocycles. The molecule has 1 aliphatic carbocycles. The smallest absolute Gasteiger partial charge is 0.230 e. The molecule has 1 fully saturated rings. The van der Waals surface area contributed by atoms with Gasteiger partial charge in [0.2, 0.25) is 5.91 Å². The lowest BCUT2D eigenvalue weighted by Crippen LogP contribution is -2.38. The number of nitrogens with one attached hydrogen (secondary N) is 1. The van der Waals surface area contributed by atoms with Crippen molar-refractivity contribution in [3.8, 4) is 11.4 Å². The van der Waals surface area contributed by atoms with Crippen molar-refractivity contribution in [2.45, 2.75) is 43.8 Å². The second-order valence-corrected chi connectivity index (χ2v) is 7.53. The summed E-state index contributed by atoms with van der Waals surface area (Å²) in [5.41, 5.74) is 1.00. The lowest BCUT2D eigenvalue weighted by atomic mass is 9.87. The number of benzene rings is 1. The molecule has 0 unspecified atom stereocenters. The van der Waals surface area contributed by atoms with Crippen LogP contribution in [0.4, 0.5) is 0 Å². The summed E-state index contributed by atoms with van der Waals surface area (Å²) in [7, 11) is 1.65. The molecule has 1 amide bonds. The number of hydrogen-bond acceptors (Lipinski definition) is 4. The van der Waals surface area contributed by atoms with E-state index in [1.807, 2.05) is 35.0 Å². The molecular weight excluding hydrogens is 334 g/mol. The minimum atomic E-state index is 0.0915. The number of carbonyl (C=O) groups is 1. The minimum Gasteiger partial charge on any atom is -0.497 e. The Labute approximate surface area is 153 Å². The molecule has 0 bridgehead atoms. The highest BCUT2D eigenvalue weighted by Crippen LogP contribution is 2.24. The third-order valence-electron chi connectivity index (χ3n) is 4.67. The highest BCUT2D eigenvalue weighted by molar-refractivity contribution is 7.99. The highest BCUT2D eigenvalue weighted by Gasteiger charge is 2.20. The van der Waals surface area contributed by atoms with E-state index in [1.165, 1.54) is 24.6 Å². The first-order valence-electron chi connectivity index (χ1n) is 8.75. The van der Waals surface area contributed by atoms with Crippen molar-refractivity contribution < 1.29 is 9.53 Å². The molecule has 6 heteroatoms. The molecule has 5 nitrogen and oxygen atoms in total. The van der Waals surface area contributed by atoms with Crippen LogP contribution in [0.15, 0.2) is 41.8 Å². The van der Waals surface area contributed by atoms with Crippen molar-refractivity contribution in [1.29, 1.82) is 0 Å². The molecule has 0 radical (unpaired) electrons. The summed E-state index contributed by atoms with van der Waals surface area (Å²) >= 11 is 1.46. The maximum atomic E-state index is 12.2. The van der Waals surface area contributed by atoms with Crippen molar-refractivity contribution in [1.82, 2.24) is 14.9 Å². The minimum absolute atomic E-state index is 0.0915. The average molecular weight is 359 g/mol. The third kappa shape index (κ3) is 4.78. The summed E-state index contributed by atoms with van der Waals surface area (Å²) in [6, 6.07) is 8.13. The lowest BCUT2D eigenvalue weighted by Gasteiger charge is -2.26. The van der Waals surface area contributed by atoms with Crippen LogP contribution >= 0.6 is 11.8 Å². The number of imidazole rings is 1. The van der Waals surface area contributed by atoms with Gasteiger partial charge >= 0.3 is 0 Å². The maximum absolute atomic E-state index is 12.2. The van der Waals surface area contributed by atoms with Gasteiger partial charge < -0.3 is 10.1 Å². The first kappa shape index (κ1) is 17.9. The van der Waals surface area contributed by atoms with Crippen LogP contribution in [0.1, 0.15) is 32.6 Å². The zero-order chi connectivity index (χ0) is 17.6. The Balaban J connectivity index is 1.55. The quantitative estimate of drug-likeness (QED) is 0.800. The Hall–Kier alpha value is -1.95. The molecule has 1 saturated carbocycles. The number of methoxy groups -OCH3 is 1. The van der Waals surface area contributed by atoms with Gasteiger partial charge in [0.25, 0.3) is 0 Å². The van der Waals surface area contributed by atoms with Gasteiger partial charge in [-0.2, -0.15) is 0 Å². The molecule has 1 N–H and O–H groups in total. The normalized spacial score (nSPS) is 20.2. The van der Waals surface area contributed by atoms with Gasteiger partial charge in [-0.15, -0.1) is 0 Å². The Morgan fingerprint density at radius 1 is 1.28 bits per heavy atom. The van der Waals surface area contributed by atoms with Gasteiger partial charge in [-0.1, -0.05) is 18.7 Å². The van der Waals surface area contributed by atoms with Crippen LogP contribution in [0.25, 0.3) is 5.69 Å². The zero-order valence-electron chi connectivity index (χ0n) is 14.8. The van der Waals surface area contributed by atoms with E-state index in [1.54, 1.807) is 13.3 Å². The number of hydrogen-bond donors (Lipinski definition) is 1. The van der Waals surface area contributed by atoms with Gasteiger partial charge in [0.05, 0.1) is 12.9 Å². The Morgan fingerprint density at radius 2 is 2.00 bits per heavy atom. The van der Waals surface area contributed by atoms with Crippen molar-refractivity contribution in [2.75, 3.05) is 12.9 Å². The van der Waals surface area contributed by atoms with Gasteiger partial charge in [0.1, 0.15) is 5.75 Å². The first-order chi connectivity index (χ1) is 12.2. The zero-order valence-corrected chi connectivity index (χ0v) is 15.6. The number of rotatable bonds is 6. The SMILES string of the molecule is COc1ccc(-n2ccnc2SCC(=O)NC2CCC(C)CC2)cc1. The topological polar surface area (TPSA) is 56.2 Å². The maximum Gasteiger partial charge on any atom is 0.230 e. The molecule has 134 valence electrons. The van der Waals surface area contributed by atoms with Crippen LogP contribution in [0.3, 0.4) is 0 Å². The predicted octanol–water partition coefficient (Wildman–Crippen LogP) is 3.67. The lowest BCUT2D eigenvalue weighted by molar-refractivity contribution is -0.119. The van der Waals surface area contributed by atoms with Crippen LogP contribution in [0, 0.1) is 5.92 Å². The summed E-state index contributed by atoms with van der Waals surface area (Å²) < 4.78 is 7.18. The average Bonchev–Trinajstić information content (AvgIpc) is 3.10. The van der Waals surface area contributed by atoms with Crippen molar-refractivity contribution >= 4 is 17.7 Å². The fourth-order valence-electron chi connectivity index (χ4n) is 3.14. The molecule has 0 spiro atoms. The number of aromatic nitrogens is 2. The summed E-state index contributed by atoms with van der Waals surface area (Å²) in [6.45, 7) is 2.28.